The van der Waals surface area contributed by atoms with Crippen LogP contribution in [-0.4, -0.2) is 38.0 Å². The second-order valence-electron chi connectivity index (χ2n) is 5.53. The van der Waals surface area contributed by atoms with Crippen LogP contribution in [0.1, 0.15) is 12.0 Å². The smallest absolute Gasteiger partial charge is 0.233 e. The van der Waals surface area contributed by atoms with E-state index in [1.54, 1.807) is 32.4 Å². The molecule has 0 fully saturated rings. The highest BCUT2D eigenvalue weighted by Crippen LogP contribution is 2.29. The standard InChI is InChI=1S/C19H22N2O4/c1-21(13-14-7-5-4-6-8-14)19(23)12-18(22)20-16-10-9-15(24-2)11-17(16)25-3/h4-11H,12-13H2,1-3H3,(H,20,22). The van der Waals surface area contributed by atoms with E-state index in [1.807, 2.05) is 30.3 Å². The number of methoxy groups -OCH3 is 2. The van der Waals surface area contributed by atoms with Crippen LogP contribution in [0.25, 0.3) is 0 Å². The Bertz CT molecular complexity index is 731. The van der Waals surface area contributed by atoms with E-state index in [0.29, 0.717) is 23.7 Å². The van der Waals surface area contributed by atoms with Gasteiger partial charge in [0, 0.05) is 19.7 Å². The molecule has 2 rings (SSSR count). The fourth-order valence-electron chi connectivity index (χ4n) is 2.31. The Morgan fingerprint density at radius 3 is 2.40 bits per heavy atom. The van der Waals surface area contributed by atoms with Gasteiger partial charge in [0.05, 0.1) is 19.9 Å². The van der Waals surface area contributed by atoms with Gasteiger partial charge in [-0.2, -0.15) is 0 Å². The number of benzene rings is 2. The van der Waals surface area contributed by atoms with Gasteiger partial charge in [-0.15, -0.1) is 0 Å². The average molecular weight is 342 g/mol. The van der Waals surface area contributed by atoms with Gasteiger partial charge in [0.15, 0.2) is 0 Å². The Morgan fingerprint density at radius 2 is 1.76 bits per heavy atom. The number of nitrogens with zero attached hydrogens (tertiary/aromatic N) is 1. The number of nitrogens with one attached hydrogen (secondary N) is 1. The van der Waals surface area contributed by atoms with E-state index >= 15 is 0 Å². The highest BCUT2D eigenvalue weighted by atomic mass is 16.5. The van der Waals surface area contributed by atoms with Gasteiger partial charge in [-0.3, -0.25) is 9.59 Å². The molecular formula is C19H22N2O4. The summed E-state index contributed by atoms with van der Waals surface area (Å²) >= 11 is 0. The first-order valence-electron chi connectivity index (χ1n) is 7.83. The van der Waals surface area contributed by atoms with Gasteiger partial charge in [0.1, 0.15) is 17.9 Å². The molecule has 0 unspecified atom stereocenters. The van der Waals surface area contributed by atoms with Crippen LogP contribution in [0.2, 0.25) is 0 Å². The highest BCUT2D eigenvalue weighted by Gasteiger charge is 2.16. The van der Waals surface area contributed by atoms with Crippen molar-refractivity contribution in [3.63, 3.8) is 0 Å². The Morgan fingerprint density at radius 1 is 1.04 bits per heavy atom. The lowest BCUT2D eigenvalue weighted by Crippen LogP contribution is -2.30. The molecule has 6 nitrogen and oxygen atoms in total. The van der Waals surface area contributed by atoms with Gasteiger partial charge >= 0.3 is 0 Å². The maximum Gasteiger partial charge on any atom is 0.233 e. The van der Waals surface area contributed by atoms with Crippen molar-refractivity contribution in [2.24, 2.45) is 0 Å². The van der Waals surface area contributed by atoms with E-state index in [2.05, 4.69) is 5.32 Å². The van der Waals surface area contributed by atoms with Crippen molar-refractivity contribution < 1.29 is 19.1 Å². The molecule has 0 bridgehead atoms. The summed E-state index contributed by atoms with van der Waals surface area (Å²) in [5.74, 6) is 0.438. The molecule has 0 radical (unpaired) electrons. The summed E-state index contributed by atoms with van der Waals surface area (Å²) in [5.41, 5.74) is 1.50. The molecule has 6 heteroatoms. The molecule has 0 aliphatic heterocycles. The van der Waals surface area contributed by atoms with Crippen LogP contribution in [-0.2, 0) is 16.1 Å². The fraction of sp³-hybridized carbons (Fsp3) is 0.263. The predicted molar refractivity (Wildman–Crippen MR) is 95.7 cm³/mol. The van der Waals surface area contributed by atoms with Gasteiger partial charge < -0.3 is 19.7 Å². The maximum atomic E-state index is 12.2. The van der Waals surface area contributed by atoms with E-state index in [1.165, 1.54) is 12.0 Å². The van der Waals surface area contributed by atoms with Gasteiger partial charge in [0.25, 0.3) is 0 Å². The van der Waals surface area contributed by atoms with Crippen LogP contribution in [0.4, 0.5) is 5.69 Å². The minimum absolute atomic E-state index is 0.238. The number of anilines is 1. The first-order chi connectivity index (χ1) is 12.0. The third-order valence-electron chi connectivity index (χ3n) is 3.68. The first kappa shape index (κ1) is 18.3. The van der Waals surface area contributed by atoms with Crippen molar-refractivity contribution in [3.05, 3.63) is 54.1 Å². The molecule has 0 aliphatic rings. The molecule has 0 spiro atoms. The van der Waals surface area contributed by atoms with Crippen LogP contribution in [0.15, 0.2) is 48.5 Å². The summed E-state index contributed by atoms with van der Waals surface area (Å²) in [7, 11) is 4.73. The summed E-state index contributed by atoms with van der Waals surface area (Å²) in [6.45, 7) is 0.457. The lowest BCUT2D eigenvalue weighted by atomic mass is 10.2. The van der Waals surface area contributed by atoms with Gasteiger partial charge in [-0.1, -0.05) is 30.3 Å². The molecule has 0 heterocycles. The largest absolute Gasteiger partial charge is 0.497 e. The molecule has 0 aliphatic carbocycles. The van der Waals surface area contributed by atoms with Crippen LogP contribution < -0.4 is 14.8 Å². The zero-order valence-electron chi connectivity index (χ0n) is 14.6. The zero-order valence-corrected chi connectivity index (χ0v) is 14.6. The molecule has 2 amide bonds. The fourth-order valence-corrected chi connectivity index (χ4v) is 2.31. The SMILES string of the molecule is COc1ccc(NC(=O)CC(=O)N(C)Cc2ccccc2)c(OC)c1. The highest BCUT2D eigenvalue weighted by molar-refractivity contribution is 6.04. The van der Waals surface area contributed by atoms with Crippen molar-refractivity contribution in [1.82, 2.24) is 4.90 Å². The number of hydrogen-bond acceptors (Lipinski definition) is 4. The molecule has 2 aromatic rings. The number of carbonyl (C=O) groups is 2. The van der Waals surface area contributed by atoms with E-state index in [-0.39, 0.29) is 12.3 Å². The first-order valence-corrected chi connectivity index (χ1v) is 7.83. The topological polar surface area (TPSA) is 67.9 Å². The molecule has 0 atom stereocenters. The van der Waals surface area contributed by atoms with Gasteiger partial charge in [-0.05, 0) is 17.7 Å². The van der Waals surface area contributed by atoms with E-state index < -0.39 is 5.91 Å². The quantitative estimate of drug-likeness (QED) is 0.786. The molecule has 25 heavy (non-hydrogen) atoms. The van der Waals surface area contributed by atoms with Crippen molar-refractivity contribution >= 4 is 17.5 Å². The van der Waals surface area contributed by atoms with Crippen molar-refractivity contribution in [2.45, 2.75) is 13.0 Å². The van der Waals surface area contributed by atoms with Gasteiger partial charge in [0.2, 0.25) is 11.8 Å². The number of hydrogen-bond donors (Lipinski definition) is 1. The molecular weight excluding hydrogens is 320 g/mol. The Balaban J connectivity index is 1.94. The van der Waals surface area contributed by atoms with E-state index in [9.17, 15) is 9.59 Å². The lowest BCUT2D eigenvalue weighted by Gasteiger charge is -2.17. The summed E-state index contributed by atoms with van der Waals surface area (Å²) in [5, 5.41) is 2.70. The number of carbonyl (C=O) groups excluding carboxylic acids is 2. The van der Waals surface area contributed by atoms with Crippen LogP contribution >= 0.6 is 0 Å². The number of rotatable bonds is 7. The predicted octanol–water partition coefficient (Wildman–Crippen LogP) is 2.69. The third-order valence-corrected chi connectivity index (χ3v) is 3.68. The molecule has 0 saturated carbocycles. The molecule has 0 aromatic heterocycles. The van der Waals surface area contributed by atoms with Crippen molar-refractivity contribution in [1.29, 1.82) is 0 Å². The minimum atomic E-state index is -0.395. The normalized spacial score (nSPS) is 10.0. The third kappa shape index (κ3) is 5.24. The Hall–Kier alpha value is -3.02. The summed E-state index contributed by atoms with van der Waals surface area (Å²) < 4.78 is 10.3. The van der Waals surface area contributed by atoms with Crippen LogP contribution in [0.5, 0.6) is 11.5 Å². The van der Waals surface area contributed by atoms with Crippen molar-refractivity contribution in [3.8, 4) is 11.5 Å². The second kappa shape index (κ2) is 8.73. The maximum absolute atomic E-state index is 12.2. The minimum Gasteiger partial charge on any atom is -0.497 e. The number of ether oxygens (including phenoxy) is 2. The lowest BCUT2D eigenvalue weighted by molar-refractivity contribution is -0.134. The summed E-state index contributed by atoms with van der Waals surface area (Å²) in [6, 6.07) is 14.7. The number of amides is 2. The molecule has 0 saturated heterocycles. The molecule has 2 aromatic carbocycles. The van der Waals surface area contributed by atoms with Crippen LogP contribution in [0, 0.1) is 0 Å². The summed E-state index contributed by atoms with van der Waals surface area (Å²) in [6.07, 6.45) is -0.238. The molecule has 132 valence electrons. The average Bonchev–Trinajstić information content (AvgIpc) is 2.62. The second-order valence-corrected chi connectivity index (χ2v) is 5.53. The van der Waals surface area contributed by atoms with E-state index in [0.717, 1.165) is 5.56 Å². The van der Waals surface area contributed by atoms with Gasteiger partial charge in [-0.25, -0.2) is 0 Å². The Kier molecular flexibility index (Phi) is 6.39. The van der Waals surface area contributed by atoms with E-state index in [4.69, 9.17) is 9.47 Å². The molecule has 1 N–H and O–H groups in total. The summed E-state index contributed by atoms with van der Waals surface area (Å²) in [4.78, 5) is 25.9. The van der Waals surface area contributed by atoms with Crippen molar-refractivity contribution in [2.75, 3.05) is 26.6 Å². The monoisotopic (exact) mass is 342 g/mol. The van der Waals surface area contributed by atoms with Crippen LogP contribution in [0.3, 0.4) is 0 Å². The Labute approximate surface area is 147 Å². The zero-order chi connectivity index (χ0) is 18.2.